The molecule has 32 heavy (non-hydrogen) atoms. The van der Waals surface area contributed by atoms with Crippen LogP contribution < -0.4 is 0 Å². The Bertz CT molecular complexity index is 831. The average molecular weight is 451 g/mol. The highest BCUT2D eigenvalue weighted by Crippen LogP contribution is 2.68. The highest BCUT2D eigenvalue weighted by Gasteiger charge is 2.61. The van der Waals surface area contributed by atoms with Crippen LogP contribution >= 0.6 is 0 Å². The molecule has 0 aromatic heterocycles. The van der Waals surface area contributed by atoms with Crippen molar-refractivity contribution < 1.29 is 17.6 Å². The molecule has 0 radical (unpaired) electrons. The van der Waals surface area contributed by atoms with E-state index in [1.807, 2.05) is 12.1 Å². The summed E-state index contributed by atoms with van der Waals surface area (Å²) in [6, 6.07) is 7.03. The van der Waals surface area contributed by atoms with E-state index in [4.69, 9.17) is 0 Å². The fourth-order valence-corrected chi connectivity index (χ4v) is 9.17. The van der Waals surface area contributed by atoms with E-state index in [9.17, 15) is 17.6 Å². The normalized spacial score (nSPS) is 43.9. The Hall–Kier alpha value is -1.06. The third kappa shape index (κ3) is 3.72. The van der Waals surface area contributed by atoms with Crippen molar-refractivity contribution in [3.63, 3.8) is 0 Å². The van der Waals surface area contributed by atoms with E-state index in [1.54, 1.807) is 6.07 Å². The summed E-state index contributed by atoms with van der Waals surface area (Å²) < 4.78 is 53.9. The van der Waals surface area contributed by atoms with Crippen LogP contribution in [0.5, 0.6) is 0 Å². The van der Waals surface area contributed by atoms with E-state index in [-0.39, 0.29) is 17.2 Å². The molecule has 4 saturated carbocycles. The van der Waals surface area contributed by atoms with Crippen molar-refractivity contribution >= 4 is 0 Å². The molecule has 0 spiro atoms. The quantitative estimate of drug-likeness (QED) is 0.404. The first-order valence-corrected chi connectivity index (χ1v) is 12.9. The van der Waals surface area contributed by atoms with E-state index < -0.39 is 12.1 Å². The summed E-state index contributed by atoms with van der Waals surface area (Å²) in [6.45, 7) is 4.85. The topological polar surface area (TPSA) is 0 Å². The number of benzene rings is 1. The van der Waals surface area contributed by atoms with Crippen molar-refractivity contribution in [3.05, 3.63) is 35.6 Å². The van der Waals surface area contributed by atoms with Crippen LogP contribution in [0.3, 0.4) is 0 Å². The molecule has 4 heteroatoms. The smallest absolute Gasteiger partial charge is 0.207 e. The third-order valence-corrected chi connectivity index (χ3v) is 11.0. The van der Waals surface area contributed by atoms with Gasteiger partial charge in [-0.15, -0.1) is 0 Å². The highest BCUT2D eigenvalue weighted by molar-refractivity contribution is 5.17. The number of aryl methyl sites for hydroxylation is 1. The predicted molar refractivity (Wildman–Crippen MR) is 119 cm³/mol. The second-order valence-electron chi connectivity index (χ2n) is 12.2. The Morgan fingerprint density at radius 2 is 1.66 bits per heavy atom. The fraction of sp³-hybridized carbons (Fsp3) is 0.786. The first-order valence-electron chi connectivity index (χ1n) is 12.9. The number of hydrogen-bond donors (Lipinski definition) is 0. The molecule has 0 nitrogen and oxygen atoms in total. The Balaban J connectivity index is 1.28. The van der Waals surface area contributed by atoms with Crippen molar-refractivity contribution in [1.29, 1.82) is 0 Å². The Labute approximate surface area is 190 Å². The summed E-state index contributed by atoms with van der Waals surface area (Å²) in [5.74, 6) is 1.72. The summed E-state index contributed by atoms with van der Waals surface area (Å²) in [4.78, 5) is 0. The number of rotatable bonds is 3. The zero-order valence-corrected chi connectivity index (χ0v) is 19.6. The number of hydrogen-bond acceptors (Lipinski definition) is 0. The fourth-order valence-electron chi connectivity index (χ4n) is 9.17. The molecule has 8 atom stereocenters. The van der Waals surface area contributed by atoms with Gasteiger partial charge < -0.3 is 0 Å². The third-order valence-electron chi connectivity index (χ3n) is 11.0. The Morgan fingerprint density at radius 3 is 2.41 bits per heavy atom. The van der Waals surface area contributed by atoms with E-state index >= 15 is 0 Å². The number of alkyl halides is 3. The molecule has 178 valence electrons. The second kappa shape index (κ2) is 8.01. The van der Waals surface area contributed by atoms with Crippen LogP contribution in [0.15, 0.2) is 24.3 Å². The summed E-state index contributed by atoms with van der Waals surface area (Å²) in [6.07, 6.45) is 6.57. The van der Waals surface area contributed by atoms with Gasteiger partial charge in [0.05, 0.1) is 5.92 Å². The van der Waals surface area contributed by atoms with Gasteiger partial charge in [-0.25, -0.2) is 4.39 Å². The maximum Gasteiger partial charge on any atom is 0.391 e. The molecule has 0 amide bonds. The molecular formula is C28H38F4. The van der Waals surface area contributed by atoms with Crippen molar-refractivity contribution in [2.24, 2.45) is 46.3 Å². The molecule has 8 unspecified atom stereocenters. The van der Waals surface area contributed by atoms with Crippen LogP contribution in [0.4, 0.5) is 17.6 Å². The molecule has 0 heterocycles. The SMILES string of the molecule is CC12CCC3C(CCC4CC(C(F)(F)F)CCC43C)C1CCC2CCc1cccc(F)c1. The molecule has 1 aromatic rings. The molecule has 1 aromatic carbocycles. The number of halogens is 4. The average Bonchev–Trinajstić information content (AvgIpc) is 3.07. The zero-order chi connectivity index (χ0) is 22.7. The first kappa shape index (κ1) is 22.7. The van der Waals surface area contributed by atoms with Crippen LogP contribution in [0.25, 0.3) is 0 Å². The predicted octanol–water partition coefficient (Wildman–Crippen LogP) is 8.60. The molecule has 4 fully saturated rings. The van der Waals surface area contributed by atoms with E-state index in [1.165, 1.54) is 31.7 Å². The molecule has 4 aliphatic carbocycles. The van der Waals surface area contributed by atoms with Gasteiger partial charge in [-0.05, 0) is 129 Å². The van der Waals surface area contributed by atoms with Gasteiger partial charge in [0.2, 0.25) is 0 Å². The van der Waals surface area contributed by atoms with Crippen molar-refractivity contribution in [2.45, 2.75) is 90.7 Å². The highest BCUT2D eigenvalue weighted by atomic mass is 19.4. The maximum absolute atomic E-state index is 13.6. The molecule has 0 saturated heterocycles. The lowest BCUT2D eigenvalue weighted by atomic mass is 9.44. The molecule has 0 bridgehead atoms. The van der Waals surface area contributed by atoms with Gasteiger partial charge in [0.15, 0.2) is 0 Å². The van der Waals surface area contributed by atoms with Crippen LogP contribution in [-0.2, 0) is 6.42 Å². The van der Waals surface area contributed by atoms with Crippen molar-refractivity contribution in [3.8, 4) is 0 Å². The van der Waals surface area contributed by atoms with E-state index in [0.29, 0.717) is 36.0 Å². The monoisotopic (exact) mass is 450 g/mol. The molecule has 5 rings (SSSR count). The molecule has 0 aliphatic heterocycles. The lowest BCUT2D eigenvalue weighted by Crippen LogP contribution is -2.54. The minimum atomic E-state index is -4.02. The maximum atomic E-state index is 13.6. The summed E-state index contributed by atoms with van der Waals surface area (Å²) in [7, 11) is 0. The van der Waals surface area contributed by atoms with Gasteiger partial charge in [0.25, 0.3) is 0 Å². The summed E-state index contributed by atoms with van der Waals surface area (Å²) in [5.41, 5.74) is 1.55. The first-order chi connectivity index (χ1) is 15.1. The Kier molecular flexibility index (Phi) is 5.69. The Morgan fingerprint density at radius 1 is 0.906 bits per heavy atom. The summed E-state index contributed by atoms with van der Waals surface area (Å²) >= 11 is 0. The van der Waals surface area contributed by atoms with Crippen molar-refractivity contribution in [2.75, 3.05) is 0 Å². The molecule has 0 N–H and O–H groups in total. The molecular weight excluding hydrogens is 412 g/mol. The lowest BCUT2D eigenvalue weighted by Gasteiger charge is -2.61. The van der Waals surface area contributed by atoms with Gasteiger partial charge in [-0.1, -0.05) is 26.0 Å². The minimum absolute atomic E-state index is 0.103. The van der Waals surface area contributed by atoms with E-state index in [2.05, 4.69) is 13.8 Å². The van der Waals surface area contributed by atoms with Crippen LogP contribution in [0.2, 0.25) is 0 Å². The standard InChI is InChI=1S/C28H38F4/c1-26-15-13-25-23(10-8-20-17-21(28(30,31)32)12-14-27(20,25)2)24(26)11-9-19(26)7-6-18-4-3-5-22(29)16-18/h3-5,16,19-21,23-25H,6-15,17H2,1-2H3. The second-order valence-corrected chi connectivity index (χ2v) is 12.2. The molecule has 4 aliphatic rings. The van der Waals surface area contributed by atoms with Gasteiger partial charge in [0.1, 0.15) is 5.82 Å². The van der Waals surface area contributed by atoms with Crippen LogP contribution in [0, 0.1) is 52.2 Å². The zero-order valence-electron chi connectivity index (χ0n) is 19.6. The van der Waals surface area contributed by atoms with Crippen molar-refractivity contribution in [1.82, 2.24) is 0 Å². The van der Waals surface area contributed by atoms with Crippen LogP contribution in [-0.4, -0.2) is 6.18 Å². The van der Waals surface area contributed by atoms with E-state index in [0.717, 1.165) is 43.6 Å². The summed E-state index contributed by atoms with van der Waals surface area (Å²) in [5, 5.41) is 0. The van der Waals surface area contributed by atoms with Gasteiger partial charge >= 0.3 is 6.18 Å². The lowest BCUT2D eigenvalue weighted by molar-refractivity contribution is -0.208. The van der Waals surface area contributed by atoms with Gasteiger partial charge in [-0.3, -0.25) is 0 Å². The minimum Gasteiger partial charge on any atom is -0.207 e. The van der Waals surface area contributed by atoms with Gasteiger partial charge in [0, 0.05) is 0 Å². The van der Waals surface area contributed by atoms with Crippen LogP contribution in [0.1, 0.15) is 83.6 Å². The number of fused-ring (bicyclic) bond motifs is 5. The largest absolute Gasteiger partial charge is 0.391 e. The van der Waals surface area contributed by atoms with Gasteiger partial charge in [-0.2, -0.15) is 13.2 Å².